The number of aromatic carboxylic acids is 1. The first kappa shape index (κ1) is 24.0. The smallest absolute Gasteiger partial charge is 0.335 e. The van der Waals surface area contributed by atoms with Gasteiger partial charge in [-0.2, -0.15) is 0 Å². The molecule has 0 heterocycles. The molecule has 30 heavy (non-hydrogen) atoms. The average Bonchev–Trinajstić information content (AvgIpc) is 2.64. The Kier molecular flexibility index (Phi) is 7.72. The van der Waals surface area contributed by atoms with Crippen LogP contribution < -0.4 is 4.74 Å². The number of ether oxygens (including phenoxy) is 1. The highest BCUT2D eigenvalue weighted by Gasteiger charge is 2.37. The molecule has 5 nitrogen and oxygen atoms in total. The van der Waals surface area contributed by atoms with Gasteiger partial charge in [-0.15, -0.1) is 0 Å². The van der Waals surface area contributed by atoms with Gasteiger partial charge in [0.25, 0.3) is 0 Å². The second kappa shape index (κ2) is 9.66. The van der Waals surface area contributed by atoms with Gasteiger partial charge in [0.05, 0.1) is 18.8 Å². The van der Waals surface area contributed by atoms with Crippen molar-refractivity contribution >= 4 is 14.3 Å². The molecule has 0 aliphatic heterocycles. The van der Waals surface area contributed by atoms with Crippen molar-refractivity contribution < 1.29 is 24.2 Å². The summed E-state index contributed by atoms with van der Waals surface area (Å²) in [5, 5.41) is 19.6. The van der Waals surface area contributed by atoms with Crippen molar-refractivity contribution in [2.75, 3.05) is 6.61 Å². The van der Waals surface area contributed by atoms with Crippen molar-refractivity contribution in [2.45, 2.75) is 65.3 Å². The summed E-state index contributed by atoms with van der Waals surface area (Å²) < 4.78 is 12.0. The summed E-state index contributed by atoms with van der Waals surface area (Å²) in [6.45, 7) is 13.8. The van der Waals surface area contributed by atoms with Crippen molar-refractivity contribution in [1.82, 2.24) is 0 Å². The molecule has 2 aromatic carbocycles. The van der Waals surface area contributed by atoms with Crippen LogP contribution in [0.2, 0.25) is 18.1 Å². The van der Waals surface area contributed by atoms with Crippen molar-refractivity contribution in [3.05, 3.63) is 58.7 Å². The van der Waals surface area contributed by atoms with Crippen molar-refractivity contribution in [2.24, 2.45) is 0 Å². The number of benzene rings is 2. The Hall–Kier alpha value is -2.31. The second-order valence-corrected chi connectivity index (χ2v) is 14.1. The van der Waals surface area contributed by atoms with Gasteiger partial charge in [-0.25, -0.2) is 4.79 Å². The Morgan fingerprint density at radius 1 is 1.10 bits per heavy atom. The standard InChI is InChI=1S/C24H34O5Si/c1-17-9-11-20(23(26)27)19(14-17)8-7-13-28-22-15-18(10-12-21(22)25)16-29-30(5,6)24(2,3)4/h9-12,14-15,25H,7-8,13,16H2,1-6H3,(H,26,27). The number of carboxylic acids is 1. The molecule has 0 bridgehead atoms. The maximum absolute atomic E-state index is 11.4. The van der Waals surface area contributed by atoms with Gasteiger partial charge in [0.2, 0.25) is 0 Å². The first-order valence-electron chi connectivity index (χ1n) is 10.3. The topological polar surface area (TPSA) is 76.0 Å². The molecule has 2 N–H and O–H groups in total. The highest BCUT2D eigenvalue weighted by atomic mass is 28.4. The third-order valence-corrected chi connectivity index (χ3v) is 10.2. The predicted molar refractivity (Wildman–Crippen MR) is 122 cm³/mol. The van der Waals surface area contributed by atoms with Crippen LogP contribution in [0.4, 0.5) is 0 Å². The van der Waals surface area contributed by atoms with Crippen LogP contribution in [0, 0.1) is 6.92 Å². The van der Waals surface area contributed by atoms with E-state index < -0.39 is 14.3 Å². The largest absolute Gasteiger partial charge is 0.504 e. The molecule has 2 rings (SSSR count). The van der Waals surface area contributed by atoms with Crippen molar-refractivity contribution in [1.29, 1.82) is 0 Å². The fourth-order valence-electron chi connectivity index (χ4n) is 2.83. The lowest BCUT2D eigenvalue weighted by Gasteiger charge is -2.36. The Morgan fingerprint density at radius 3 is 2.43 bits per heavy atom. The van der Waals surface area contributed by atoms with E-state index in [-0.39, 0.29) is 10.8 Å². The van der Waals surface area contributed by atoms with Gasteiger partial charge in [-0.1, -0.05) is 44.5 Å². The van der Waals surface area contributed by atoms with Crippen molar-refractivity contribution in [3.8, 4) is 11.5 Å². The highest BCUT2D eigenvalue weighted by Crippen LogP contribution is 2.37. The van der Waals surface area contributed by atoms with Gasteiger partial charge in [0.1, 0.15) is 0 Å². The molecule has 0 radical (unpaired) electrons. The fourth-order valence-corrected chi connectivity index (χ4v) is 3.79. The summed E-state index contributed by atoms with van der Waals surface area (Å²) in [6.07, 6.45) is 1.24. The van der Waals surface area contributed by atoms with E-state index in [2.05, 4.69) is 33.9 Å². The van der Waals surface area contributed by atoms with Crippen molar-refractivity contribution in [3.63, 3.8) is 0 Å². The van der Waals surface area contributed by atoms with Crippen LogP contribution in [0.1, 0.15) is 54.2 Å². The van der Waals surface area contributed by atoms with E-state index in [1.807, 2.05) is 25.1 Å². The predicted octanol–water partition coefficient (Wildman–Crippen LogP) is 5.93. The summed E-state index contributed by atoms with van der Waals surface area (Å²) in [7, 11) is -1.86. The lowest BCUT2D eigenvalue weighted by Crippen LogP contribution is -2.40. The monoisotopic (exact) mass is 430 g/mol. The molecule has 6 heteroatoms. The zero-order valence-corrected chi connectivity index (χ0v) is 19.9. The fraction of sp³-hybridized carbons (Fsp3) is 0.458. The van der Waals surface area contributed by atoms with Gasteiger partial charge >= 0.3 is 5.97 Å². The molecular weight excluding hydrogens is 396 g/mol. The molecule has 0 fully saturated rings. The highest BCUT2D eigenvalue weighted by molar-refractivity contribution is 6.74. The summed E-state index contributed by atoms with van der Waals surface area (Å²) in [6, 6.07) is 10.6. The van der Waals surface area contributed by atoms with Gasteiger partial charge < -0.3 is 19.4 Å². The number of hydrogen-bond donors (Lipinski definition) is 2. The minimum absolute atomic E-state index is 0.0906. The van der Waals surface area contributed by atoms with E-state index in [0.29, 0.717) is 37.4 Å². The summed E-state index contributed by atoms with van der Waals surface area (Å²) in [4.78, 5) is 11.4. The van der Waals surface area contributed by atoms with E-state index in [1.54, 1.807) is 18.2 Å². The van der Waals surface area contributed by atoms with Crippen LogP contribution in [0.3, 0.4) is 0 Å². The molecule has 0 aliphatic carbocycles. The van der Waals surface area contributed by atoms with E-state index in [9.17, 15) is 15.0 Å². The quantitative estimate of drug-likeness (QED) is 0.381. The molecule has 164 valence electrons. The second-order valence-electron chi connectivity index (χ2n) is 9.27. The molecule has 2 aromatic rings. The molecule has 0 unspecified atom stereocenters. The number of phenols is 1. The lowest BCUT2D eigenvalue weighted by atomic mass is 10.0. The molecule has 0 aromatic heterocycles. The van der Waals surface area contributed by atoms with Gasteiger partial charge in [0.15, 0.2) is 19.8 Å². The normalized spacial score (nSPS) is 12.1. The number of phenolic OH excluding ortho intramolecular Hbond substituents is 1. The number of carbonyl (C=O) groups is 1. The third-order valence-electron chi connectivity index (χ3n) is 5.77. The van der Waals surface area contributed by atoms with E-state index in [1.165, 1.54) is 0 Å². The van der Waals surface area contributed by atoms with E-state index in [0.717, 1.165) is 16.7 Å². The molecule has 0 aliphatic rings. The van der Waals surface area contributed by atoms with Crippen LogP contribution in [0.15, 0.2) is 36.4 Å². The Balaban J connectivity index is 1.96. The number of rotatable bonds is 9. The first-order valence-corrected chi connectivity index (χ1v) is 13.2. The third kappa shape index (κ3) is 6.34. The molecule has 0 atom stereocenters. The maximum Gasteiger partial charge on any atom is 0.335 e. The number of aromatic hydroxyl groups is 1. The molecule has 0 saturated carbocycles. The zero-order valence-electron chi connectivity index (χ0n) is 18.9. The van der Waals surface area contributed by atoms with Crippen LogP contribution in [0.5, 0.6) is 11.5 Å². The van der Waals surface area contributed by atoms with Crippen LogP contribution in [-0.2, 0) is 17.5 Å². The lowest BCUT2D eigenvalue weighted by molar-refractivity contribution is 0.0695. The van der Waals surface area contributed by atoms with Gasteiger partial charge in [-0.05, 0) is 67.2 Å². The summed E-state index contributed by atoms with van der Waals surface area (Å²) in [5.41, 5.74) is 3.11. The molecule has 0 saturated heterocycles. The molecular formula is C24H34O5Si. The Morgan fingerprint density at radius 2 is 1.80 bits per heavy atom. The zero-order chi connectivity index (χ0) is 22.5. The minimum atomic E-state index is -1.86. The number of hydrogen-bond acceptors (Lipinski definition) is 4. The maximum atomic E-state index is 11.4. The molecule has 0 spiro atoms. The Bertz CT molecular complexity index is 884. The SMILES string of the molecule is Cc1ccc(C(=O)O)c(CCCOc2cc(CO[Si](C)(C)C(C)(C)C)ccc2O)c1. The van der Waals surface area contributed by atoms with Crippen LogP contribution in [-0.4, -0.2) is 31.1 Å². The minimum Gasteiger partial charge on any atom is -0.504 e. The average molecular weight is 431 g/mol. The number of carboxylic acid groups (broad SMARTS) is 1. The van der Waals surface area contributed by atoms with Crippen LogP contribution >= 0.6 is 0 Å². The van der Waals surface area contributed by atoms with E-state index in [4.69, 9.17) is 9.16 Å². The summed E-state index contributed by atoms with van der Waals surface area (Å²) in [5.74, 6) is -0.403. The summed E-state index contributed by atoms with van der Waals surface area (Å²) >= 11 is 0. The molecule has 0 amide bonds. The van der Waals surface area contributed by atoms with Gasteiger partial charge in [-0.3, -0.25) is 0 Å². The van der Waals surface area contributed by atoms with Gasteiger partial charge in [0, 0.05) is 0 Å². The van der Waals surface area contributed by atoms with E-state index >= 15 is 0 Å². The first-order chi connectivity index (χ1) is 13.9. The van der Waals surface area contributed by atoms with Crippen LogP contribution in [0.25, 0.3) is 0 Å². The number of aryl methyl sites for hydroxylation is 2. The Labute approximate surface area is 180 Å².